The number of ketones is 2. The number of rotatable bonds is 3. The van der Waals surface area contributed by atoms with E-state index in [0.717, 1.165) is 0 Å². The molecule has 6 heteroatoms. The van der Waals surface area contributed by atoms with Gasteiger partial charge in [-0.2, -0.15) is 0 Å². The minimum atomic E-state index is -0.469. The summed E-state index contributed by atoms with van der Waals surface area (Å²) in [5, 5.41) is 12.2. The van der Waals surface area contributed by atoms with Gasteiger partial charge in [0.25, 0.3) is 0 Å². The van der Waals surface area contributed by atoms with E-state index in [0.29, 0.717) is 6.42 Å². The first kappa shape index (κ1) is 15.4. The van der Waals surface area contributed by atoms with Gasteiger partial charge in [-0.3, -0.25) is 24.5 Å². The lowest BCUT2D eigenvalue weighted by atomic mass is 9.78. The fraction of sp³-hybridized carbons (Fsp3) is 0.600. The van der Waals surface area contributed by atoms with Crippen LogP contribution >= 0.6 is 0 Å². The summed E-state index contributed by atoms with van der Waals surface area (Å²) in [6.07, 6.45) is 0.630. The maximum absolute atomic E-state index is 12.3. The lowest BCUT2D eigenvalue weighted by Crippen LogP contribution is -2.39. The second-order valence-corrected chi connectivity index (χ2v) is 6.04. The summed E-state index contributed by atoms with van der Waals surface area (Å²) in [7, 11) is 0. The molecule has 1 heterocycles. The van der Waals surface area contributed by atoms with E-state index in [1.807, 2.05) is 0 Å². The highest BCUT2D eigenvalue weighted by Gasteiger charge is 2.36. The third-order valence-electron chi connectivity index (χ3n) is 4.10. The molecular formula is C15H19NO5. The van der Waals surface area contributed by atoms with Crippen molar-refractivity contribution in [2.75, 3.05) is 0 Å². The van der Waals surface area contributed by atoms with Crippen molar-refractivity contribution in [2.45, 2.75) is 39.5 Å². The Morgan fingerprint density at radius 3 is 2.29 bits per heavy atom. The van der Waals surface area contributed by atoms with Crippen LogP contribution in [0, 0.1) is 17.8 Å². The third-order valence-corrected chi connectivity index (χ3v) is 4.10. The van der Waals surface area contributed by atoms with Crippen molar-refractivity contribution in [2.24, 2.45) is 17.8 Å². The van der Waals surface area contributed by atoms with E-state index in [9.17, 15) is 24.3 Å². The second-order valence-electron chi connectivity index (χ2n) is 6.04. The Hall–Kier alpha value is -1.98. The molecule has 2 unspecified atom stereocenters. The Morgan fingerprint density at radius 2 is 1.71 bits per heavy atom. The number of nitrogens with one attached hydrogen (secondary N) is 1. The predicted molar refractivity (Wildman–Crippen MR) is 73.1 cm³/mol. The first-order chi connectivity index (χ1) is 9.79. The smallest absolute Gasteiger partial charge is 0.226 e. The van der Waals surface area contributed by atoms with Crippen LogP contribution in [0.3, 0.4) is 0 Å². The number of amides is 2. The molecule has 114 valence electrons. The van der Waals surface area contributed by atoms with Gasteiger partial charge in [0.2, 0.25) is 11.8 Å². The first-order valence-electron chi connectivity index (χ1n) is 7.12. The van der Waals surface area contributed by atoms with E-state index in [2.05, 4.69) is 5.32 Å². The molecule has 0 saturated carbocycles. The summed E-state index contributed by atoms with van der Waals surface area (Å²) in [4.78, 5) is 47.0. The van der Waals surface area contributed by atoms with Crippen molar-refractivity contribution in [3.05, 3.63) is 11.3 Å². The molecule has 1 aliphatic heterocycles. The average Bonchev–Trinajstić information content (AvgIpc) is 2.35. The highest BCUT2D eigenvalue weighted by Crippen LogP contribution is 2.32. The highest BCUT2D eigenvalue weighted by atomic mass is 16.3. The van der Waals surface area contributed by atoms with Gasteiger partial charge in [-0.05, 0) is 12.3 Å². The molecule has 0 spiro atoms. The molecule has 0 aromatic carbocycles. The summed E-state index contributed by atoms with van der Waals surface area (Å²) >= 11 is 0. The van der Waals surface area contributed by atoms with Gasteiger partial charge >= 0.3 is 0 Å². The number of Topliss-reactive ketones (excluding diaryl/α,β-unsaturated/α-hetero) is 2. The maximum Gasteiger partial charge on any atom is 0.226 e. The van der Waals surface area contributed by atoms with Gasteiger partial charge in [0, 0.05) is 31.1 Å². The van der Waals surface area contributed by atoms with Crippen LogP contribution in [0.4, 0.5) is 0 Å². The number of piperidine rings is 1. The van der Waals surface area contributed by atoms with Gasteiger partial charge in [0.1, 0.15) is 5.76 Å². The largest absolute Gasteiger partial charge is 0.511 e. The van der Waals surface area contributed by atoms with E-state index in [-0.39, 0.29) is 48.2 Å². The summed E-state index contributed by atoms with van der Waals surface area (Å²) < 4.78 is 0. The zero-order chi connectivity index (χ0) is 15.7. The Morgan fingerprint density at radius 1 is 1.14 bits per heavy atom. The van der Waals surface area contributed by atoms with Crippen molar-refractivity contribution < 1.29 is 24.3 Å². The molecule has 0 aromatic rings. The third kappa shape index (κ3) is 3.20. The predicted octanol–water partition coefficient (Wildman–Crippen LogP) is 1.06. The zero-order valence-corrected chi connectivity index (χ0v) is 12.1. The van der Waals surface area contributed by atoms with Crippen molar-refractivity contribution in [3.63, 3.8) is 0 Å². The minimum Gasteiger partial charge on any atom is -0.511 e. The maximum atomic E-state index is 12.3. The fourth-order valence-electron chi connectivity index (χ4n) is 3.01. The zero-order valence-electron chi connectivity index (χ0n) is 12.1. The van der Waals surface area contributed by atoms with Crippen LogP contribution in [0.25, 0.3) is 0 Å². The van der Waals surface area contributed by atoms with E-state index in [1.165, 1.54) is 0 Å². The highest BCUT2D eigenvalue weighted by molar-refractivity contribution is 6.21. The molecular weight excluding hydrogens is 274 g/mol. The van der Waals surface area contributed by atoms with Crippen molar-refractivity contribution in [3.8, 4) is 0 Å². The molecule has 6 nitrogen and oxygen atoms in total. The van der Waals surface area contributed by atoms with Crippen LogP contribution in [-0.2, 0) is 19.2 Å². The topological polar surface area (TPSA) is 101 Å². The van der Waals surface area contributed by atoms with Gasteiger partial charge in [-0.1, -0.05) is 13.8 Å². The van der Waals surface area contributed by atoms with Crippen LogP contribution in [0.5, 0.6) is 0 Å². The molecule has 1 fully saturated rings. The summed E-state index contributed by atoms with van der Waals surface area (Å²) in [5.41, 5.74) is -0.139. The van der Waals surface area contributed by atoms with Gasteiger partial charge in [-0.25, -0.2) is 0 Å². The Bertz CT molecular complexity index is 532. The SMILES string of the molecule is CC1CC(C)C(O)=C(C(=O)CC2CC(=O)NC(=O)C2)C1=O. The molecule has 2 N–H and O–H groups in total. The standard InChI is InChI=1S/C15H19NO5/c1-7-3-8(2)15(21)13(14(7)20)10(17)4-9-5-11(18)16-12(19)6-9/h7-9,20H,3-6H2,1-2H3,(H,16,18,19). The number of hydrogen-bond donors (Lipinski definition) is 2. The molecule has 0 aromatic heterocycles. The van der Waals surface area contributed by atoms with E-state index >= 15 is 0 Å². The van der Waals surface area contributed by atoms with Gasteiger partial charge in [0.15, 0.2) is 11.6 Å². The van der Waals surface area contributed by atoms with Crippen LogP contribution in [0.2, 0.25) is 0 Å². The Labute approximate surface area is 122 Å². The van der Waals surface area contributed by atoms with Crippen molar-refractivity contribution >= 4 is 23.4 Å². The summed E-state index contributed by atoms with van der Waals surface area (Å²) in [6.45, 7) is 3.50. The molecule has 2 rings (SSSR count). The van der Waals surface area contributed by atoms with Crippen molar-refractivity contribution in [1.82, 2.24) is 5.32 Å². The summed E-state index contributed by atoms with van der Waals surface area (Å²) in [5.74, 6) is -2.71. The number of carbonyl (C=O) groups excluding carboxylic acids is 4. The molecule has 0 radical (unpaired) electrons. The van der Waals surface area contributed by atoms with E-state index < -0.39 is 23.5 Å². The van der Waals surface area contributed by atoms with Crippen LogP contribution < -0.4 is 5.32 Å². The van der Waals surface area contributed by atoms with E-state index in [4.69, 9.17) is 0 Å². The van der Waals surface area contributed by atoms with Gasteiger partial charge in [0.05, 0.1) is 5.57 Å². The second kappa shape index (κ2) is 5.79. The number of hydrogen-bond acceptors (Lipinski definition) is 5. The molecule has 21 heavy (non-hydrogen) atoms. The normalized spacial score (nSPS) is 27.8. The van der Waals surface area contributed by atoms with Crippen LogP contribution in [0.1, 0.15) is 39.5 Å². The molecule has 1 saturated heterocycles. The number of allylic oxidation sites excluding steroid dienone is 2. The molecule has 2 amide bonds. The number of imide groups is 1. The Balaban J connectivity index is 2.15. The van der Waals surface area contributed by atoms with Crippen LogP contribution in [0.15, 0.2) is 11.3 Å². The Kier molecular flexibility index (Phi) is 4.25. The number of carbonyl (C=O) groups is 4. The molecule has 2 aliphatic rings. The lowest BCUT2D eigenvalue weighted by molar-refractivity contribution is -0.135. The number of aliphatic hydroxyl groups is 1. The monoisotopic (exact) mass is 293 g/mol. The fourth-order valence-corrected chi connectivity index (χ4v) is 3.01. The molecule has 0 bridgehead atoms. The molecule has 1 aliphatic carbocycles. The van der Waals surface area contributed by atoms with Crippen LogP contribution in [-0.4, -0.2) is 28.5 Å². The first-order valence-corrected chi connectivity index (χ1v) is 7.12. The van der Waals surface area contributed by atoms with Gasteiger partial charge in [-0.15, -0.1) is 0 Å². The van der Waals surface area contributed by atoms with Gasteiger partial charge < -0.3 is 5.11 Å². The lowest BCUT2D eigenvalue weighted by Gasteiger charge is -2.26. The average molecular weight is 293 g/mol. The number of aliphatic hydroxyl groups excluding tert-OH is 1. The minimum absolute atomic E-state index is 0.0657. The van der Waals surface area contributed by atoms with E-state index in [1.54, 1.807) is 13.8 Å². The quantitative estimate of drug-likeness (QED) is 0.598. The van der Waals surface area contributed by atoms with Crippen molar-refractivity contribution in [1.29, 1.82) is 0 Å². The summed E-state index contributed by atoms with van der Waals surface area (Å²) in [6, 6.07) is 0. The molecule has 2 atom stereocenters.